The van der Waals surface area contributed by atoms with Crippen molar-refractivity contribution in [2.24, 2.45) is 0 Å². The first kappa shape index (κ1) is 27.2. The van der Waals surface area contributed by atoms with E-state index >= 15 is 0 Å². The second-order valence-corrected chi connectivity index (χ2v) is 2.42. The molecule has 0 bridgehead atoms. The molecular formula is C6H14Fe3N3O7. The number of rotatable bonds is 5. The fraction of sp³-hybridized carbons (Fsp3) is 0.500. The van der Waals surface area contributed by atoms with Gasteiger partial charge < -0.3 is 34.8 Å². The van der Waals surface area contributed by atoms with Crippen LogP contribution in [0.1, 0.15) is 12.8 Å². The van der Waals surface area contributed by atoms with Crippen molar-refractivity contribution < 1.29 is 97.8 Å². The molecule has 0 saturated heterocycles. The number of quaternary nitrogens is 3. The van der Waals surface area contributed by atoms with E-state index in [0.29, 0.717) is 0 Å². The van der Waals surface area contributed by atoms with Crippen molar-refractivity contribution in [2.45, 2.75) is 18.4 Å². The number of carboxylic acids is 3. The molecule has 0 fully saturated rings. The van der Waals surface area contributed by atoms with Crippen LogP contribution in [0.2, 0.25) is 0 Å². The van der Waals surface area contributed by atoms with Crippen LogP contribution < -0.4 is 29.6 Å². The fourth-order valence-corrected chi connectivity index (χ4v) is 0.684. The summed E-state index contributed by atoms with van der Waals surface area (Å²) < 4.78 is 9.00. The van der Waals surface area contributed by atoms with Crippen LogP contribution in [0, 0.1) is 0 Å². The Morgan fingerprint density at radius 2 is 1.05 bits per heavy atom. The van der Waals surface area contributed by atoms with E-state index in [1.54, 1.807) is 0 Å². The first-order valence-corrected chi connectivity index (χ1v) is 6.20. The molecule has 0 atom stereocenters. The number of aliphatic carboxylic acids is 3. The molecule has 119 valence electrons. The Balaban J connectivity index is -0.000000163. The second-order valence-electron chi connectivity index (χ2n) is 2.42. The van der Waals surface area contributed by atoms with E-state index < -0.39 is 36.4 Å². The first-order chi connectivity index (χ1) is 8.78. The summed E-state index contributed by atoms with van der Waals surface area (Å²) in [5.74, 6) is -5.98. The Bertz CT molecular complexity index is 250. The summed E-state index contributed by atoms with van der Waals surface area (Å²) >= 11 is 9.00. The normalized spacial score (nSPS) is 8.37. The summed E-state index contributed by atoms with van der Waals surface area (Å²) in [7, 11) is 0. The second kappa shape index (κ2) is 17.8. The van der Waals surface area contributed by atoms with Crippen molar-refractivity contribution >= 4 is 17.9 Å². The predicted molar refractivity (Wildman–Crippen MR) is 37.9 cm³/mol. The molecule has 0 aliphatic rings. The van der Waals surface area contributed by atoms with Gasteiger partial charge in [-0.15, -0.1) is 0 Å². The average Bonchev–Trinajstić information content (AvgIpc) is 2.34. The van der Waals surface area contributed by atoms with Crippen LogP contribution >= 0.6 is 0 Å². The number of hydrogen-bond acceptors (Lipinski definition) is 7. The number of aliphatic hydroxyl groups is 1. The van der Waals surface area contributed by atoms with E-state index in [1.165, 1.54) is 0 Å². The third kappa shape index (κ3) is 17.8. The van der Waals surface area contributed by atoms with Gasteiger partial charge in [-0.1, -0.05) is 0 Å². The number of carboxylic acid groups (broad SMARTS) is 3. The monoisotopic (exact) mass is 408 g/mol. The summed E-state index contributed by atoms with van der Waals surface area (Å²) in [6.45, 7) is 0. The van der Waals surface area contributed by atoms with E-state index in [4.69, 9.17) is 5.11 Å². The van der Waals surface area contributed by atoms with Gasteiger partial charge in [-0.3, -0.25) is 0 Å². The number of hydrogen-bond donors (Lipinski definition) is 4. The van der Waals surface area contributed by atoms with Crippen LogP contribution in [0.4, 0.5) is 0 Å². The van der Waals surface area contributed by atoms with Crippen LogP contribution in [0.25, 0.3) is 0 Å². The minimum absolute atomic E-state index is 1.36. The number of carbonyl (C=O) groups excluding carboxylic acids is 3. The molecular weight excluding hydrogens is 394 g/mol. The SMILES string of the molecule is O=C([O-])CC(O)(CC(=O)[O-])C(=O)[O-].[NH3+][Fe].[NH3+][Fe].[NH3+][Fe]. The van der Waals surface area contributed by atoms with E-state index in [2.05, 4.69) is 62.9 Å². The predicted octanol–water partition coefficient (Wildman–Crippen LogP) is -9.18. The van der Waals surface area contributed by atoms with Crippen molar-refractivity contribution in [3.63, 3.8) is 0 Å². The summed E-state index contributed by atoms with van der Waals surface area (Å²) in [4.78, 5) is 30.0. The van der Waals surface area contributed by atoms with Gasteiger partial charge in [-0.2, -0.15) is 0 Å². The van der Waals surface area contributed by atoms with E-state index in [-0.39, 0.29) is 0 Å². The fourth-order valence-electron chi connectivity index (χ4n) is 0.684. The molecule has 19 heavy (non-hydrogen) atoms. The summed E-state index contributed by atoms with van der Waals surface area (Å²) in [6.07, 6.45) is -2.72. The Morgan fingerprint density at radius 1 is 0.842 bits per heavy atom. The van der Waals surface area contributed by atoms with Crippen LogP contribution in [-0.4, -0.2) is 28.6 Å². The molecule has 10 nitrogen and oxygen atoms in total. The van der Waals surface area contributed by atoms with Crippen LogP contribution in [0.5, 0.6) is 0 Å². The Morgan fingerprint density at radius 3 is 1.16 bits per heavy atom. The van der Waals surface area contributed by atoms with Gasteiger partial charge in [0.25, 0.3) is 0 Å². The maximum absolute atomic E-state index is 10.1. The van der Waals surface area contributed by atoms with Gasteiger partial charge in [0.05, 0.1) is 5.97 Å². The van der Waals surface area contributed by atoms with Crippen LogP contribution in [-0.2, 0) is 63.1 Å². The standard InChI is InChI=1S/C6H8O7.3Fe.3H3N/c7-3(8)1-6(13,5(11)12)2-4(9)10;;;;;;/h13H,1-2H2,(H,7,8)(H,9,10)(H,11,12);;;;3*1H3/q;3*+1;;;/p-3. The Kier molecular flexibility index (Phi) is 25.5. The third-order valence-electron chi connectivity index (χ3n) is 1.25. The van der Waals surface area contributed by atoms with Crippen molar-refractivity contribution in [1.29, 1.82) is 0 Å². The molecule has 10 N–H and O–H groups in total. The molecule has 0 heterocycles. The van der Waals surface area contributed by atoms with E-state index in [9.17, 15) is 29.7 Å². The van der Waals surface area contributed by atoms with Gasteiger partial charge in [-0.05, 0) is 0 Å². The quantitative estimate of drug-likeness (QED) is 0.321. The van der Waals surface area contributed by atoms with Crippen molar-refractivity contribution in [1.82, 2.24) is 0 Å². The molecule has 0 aromatic heterocycles. The Hall–Kier alpha value is -0.192. The van der Waals surface area contributed by atoms with Gasteiger partial charge >= 0.3 is 62.9 Å². The van der Waals surface area contributed by atoms with Crippen LogP contribution in [0.15, 0.2) is 0 Å². The molecule has 0 aromatic carbocycles. The van der Waals surface area contributed by atoms with Gasteiger partial charge in [0.2, 0.25) is 0 Å². The van der Waals surface area contributed by atoms with Crippen molar-refractivity contribution in [3.8, 4) is 0 Å². The van der Waals surface area contributed by atoms with Crippen LogP contribution in [0.3, 0.4) is 0 Å². The molecule has 0 saturated carbocycles. The summed E-state index contributed by atoms with van der Waals surface area (Å²) in [6, 6.07) is 0. The van der Waals surface area contributed by atoms with E-state index in [0.717, 1.165) is 0 Å². The minimum atomic E-state index is -2.97. The maximum atomic E-state index is 10.1. The van der Waals surface area contributed by atoms with Gasteiger partial charge in [0.1, 0.15) is 5.60 Å². The summed E-state index contributed by atoms with van der Waals surface area (Å²) in [5, 5.41) is 38.9. The molecule has 0 aliphatic carbocycles. The van der Waals surface area contributed by atoms with Crippen molar-refractivity contribution in [3.05, 3.63) is 0 Å². The molecule has 0 aliphatic heterocycles. The van der Waals surface area contributed by atoms with Gasteiger partial charge in [0.15, 0.2) is 0 Å². The molecule has 0 spiro atoms. The zero-order valence-corrected chi connectivity index (χ0v) is 12.8. The third-order valence-corrected chi connectivity index (χ3v) is 1.25. The molecule has 0 rings (SSSR count). The van der Waals surface area contributed by atoms with Gasteiger partial charge in [0, 0.05) is 24.8 Å². The van der Waals surface area contributed by atoms with Gasteiger partial charge in [-0.25, -0.2) is 0 Å². The molecule has 0 unspecified atom stereocenters. The molecule has 0 aromatic rings. The topological polar surface area (TPSA) is 224 Å². The first-order valence-electron chi connectivity index (χ1n) is 3.86. The van der Waals surface area contributed by atoms with Crippen molar-refractivity contribution in [2.75, 3.05) is 0 Å². The Labute approximate surface area is 134 Å². The molecule has 0 amide bonds. The average molecular weight is 408 g/mol. The zero-order valence-electron chi connectivity index (χ0n) is 9.49. The zero-order chi connectivity index (χ0) is 16.6. The molecule has 0 radical (unpaired) electrons. The van der Waals surface area contributed by atoms with E-state index in [1.807, 2.05) is 0 Å². The molecule has 13 heteroatoms. The summed E-state index contributed by atoms with van der Waals surface area (Å²) in [5.41, 5.74) is -2.97. The number of carbonyl (C=O) groups is 3.